The molecule has 4 rings (SSSR count). The van der Waals surface area contributed by atoms with Gasteiger partial charge in [0.15, 0.2) is 10.9 Å². The van der Waals surface area contributed by atoms with Crippen LogP contribution in [0.15, 0.2) is 18.2 Å². The Hall–Kier alpha value is -2.81. The highest BCUT2D eigenvalue weighted by atomic mass is 32.1. The van der Waals surface area contributed by atoms with Crippen LogP contribution in [0.1, 0.15) is 51.4 Å². The number of nitrogens with zero attached hydrogens (tertiary/aromatic N) is 3. The summed E-state index contributed by atoms with van der Waals surface area (Å²) in [5, 5.41) is 14.5. The third kappa shape index (κ3) is 3.42. The number of anilines is 2. The summed E-state index contributed by atoms with van der Waals surface area (Å²) in [7, 11) is 0. The monoisotopic (exact) mass is 386 g/mol. The zero-order valence-corrected chi connectivity index (χ0v) is 15.4. The van der Waals surface area contributed by atoms with E-state index in [0.29, 0.717) is 22.1 Å². The number of nitro groups is 1. The standard InChI is InChI=1S/C18H18N4O4S/c23-15-5-3-4-12-16(15)27-18(19-12)20-17(24)11-6-7-13(14(10-11)22(25)26)21-8-1-2-9-21/h6-7,10H,1-5,8-9H2,(H,19,20,24). The quantitative estimate of drug-likeness (QED) is 0.637. The van der Waals surface area contributed by atoms with Crippen molar-refractivity contribution in [3.05, 3.63) is 44.4 Å². The number of nitro benzene ring substituents is 1. The Morgan fingerprint density at radius 3 is 2.70 bits per heavy atom. The van der Waals surface area contributed by atoms with E-state index in [0.717, 1.165) is 44.5 Å². The summed E-state index contributed by atoms with van der Waals surface area (Å²) in [6.45, 7) is 1.57. The second-order valence-corrected chi connectivity index (χ2v) is 7.68. The summed E-state index contributed by atoms with van der Waals surface area (Å²) in [5.74, 6) is -0.413. The number of carbonyl (C=O) groups is 2. The molecule has 1 aliphatic carbocycles. The number of rotatable bonds is 4. The lowest BCUT2D eigenvalue weighted by atomic mass is 10.0. The van der Waals surface area contributed by atoms with Crippen molar-refractivity contribution in [1.29, 1.82) is 0 Å². The molecule has 1 N–H and O–H groups in total. The van der Waals surface area contributed by atoms with Gasteiger partial charge in [-0.15, -0.1) is 0 Å². The van der Waals surface area contributed by atoms with Gasteiger partial charge < -0.3 is 4.90 Å². The molecule has 0 atom stereocenters. The van der Waals surface area contributed by atoms with Crippen LogP contribution in [0.2, 0.25) is 0 Å². The minimum atomic E-state index is -0.468. The molecule has 140 valence electrons. The number of carbonyl (C=O) groups excluding carboxylic acids is 2. The lowest BCUT2D eigenvalue weighted by molar-refractivity contribution is -0.384. The summed E-state index contributed by atoms with van der Waals surface area (Å²) < 4.78 is 0. The van der Waals surface area contributed by atoms with E-state index in [9.17, 15) is 19.7 Å². The Kier molecular flexibility index (Phi) is 4.61. The first-order valence-corrected chi connectivity index (χ1v) is 9.72. The summed E-state index contributed by atoms with van der Waals surface area (Å²) >= 11 is 1.17. The minimum Gasteiger partial charge on any atom is -0.366 e. The Morgan fingerprint density at radius 1 is 1.22 bits per heavy atom. The highest BCUT2D eigenvalue weighted by Gasteiger charge is 2.25. The van der Waals surface area contributed by atoms with E-state index in [1.165, 1.54) is 17.4 Å². The van der Waals surface area contributed by atoms with Gasteiger partial charge in [-0.1, -0.05) is 11.3 Å². The SMILES string of the molecule is O=C(Nc1nc2c(s1)C(=O)CCC2)c1ccc(N2CCCC2)c([N+](=O)[O-])c1. The van der Waals surface area contributed by atoms with Crippen molar-refractivity contribution >= 4 is 39.5 Å². The molecule has 1 amide bonds. The Morgan fingerprint density at radius 2 is 2.00 bits per heavy atom. The van der Waals surface area contributed by atoms with E-state index < -0.39 is 10.8 Å². The maximum Gasteiger partial charge on any atom is 0.293 e. The fourth-order valence-electron chi connectivity index (χ4n) is 3.53. The molecule has 9 heteroatoms. The van der Waals surface area contributed by atoms with Gasteiger partial charge in [0, 0.05) is 31.1 Å². The highest BCUT2D eigenvalue weighted by Crippen LogP contribution is 2.33. The van der Waals surface area contributed by atoms with Crippen molar-refractivity contribution in [3.63, 3.8) is 0 Å². The molecular formula is C18H18N4O4S. The number of aromatic nitrogens is 1. The molecular weight excluding hydrogens is 368 g/mol. The van der Waals surface area contributed by atoms with Crippen LogP contribution in [0.4, 0.5) is 16.5 Å². The molecule has 0 bridgehead atoms. The second-order valence-electron chi connectivity index (χ2n) is 6.68. The van der Waals surface area contributed by atoms with Crippen molar-refractivity contribution < 1.29 is 14.5 Å². The third-order valence-electron chi connectivity index (χ3n) is 4.87. The molecule has 2 aliphatic rings. The highest BCUT2D eigenvalue weighted by molar-refractivity contribution is 7.17. The summed E-state index contributed by atoms with van der Waals surface area (Å²) in [6.07, 6.45) is 4.02. The Balaban J connectivity index is 1.57. The maximum atomic E-state index is 12.6. The molecule has 0 spiro atoms. The molecule has 1 saturated heterocycles. The van der Waals surface area contributed by atoms with Crippen LogP contribution in [-0.2, 0) is 6.42 Å². The third-order valence-corrected chi connectivity index (χ3v) is 5.92. The largest absolute Gasteiger partial charge is 0.366 e. The molecule has 1 aromatic carbocycles. The lowest BCUT2D eigenvalue weighted by Crippen LogP contribution is -2.19. The van der Waals surface area contributed by atoms with E-state index in [1.54, 1.807) is 12.1 Å². The molecule has 2 heterocycles. The van der Waals surface area contributed by atoms with E-state index in [4.69, 9.17) is 0 Å². The first-order valence-electron chi connectivity index (χ1n) is 8.90. The molecule has 0 saturated carbocycles. The summed E-state index contributed by atoms with van der Waals surface area (Å²) in [5.41, 5.74) is 1.40. The number of benzene rings is 1. The Bertz CT molecular complexity index is 933. The van der Waals surface area contributed by atoms with Gasteiger partial charge in [-0.05, 0) is 37.8 Å². The normalized spacial score (nSPS) is 16.3. The average Bonchev–Trinajstić information content (AvgIpc) is 3.31. The van der Waals surface area contributed by atoms with Gasteiger partial charge in [0.2, 0.25) is 0 Å². The maximum absolute atomic E-state index is 12.6. The molecule has 27 heavy (non-hydrogen) atoms. The van der Waals surface area contributed by atoms with Crippen LogP contribution in [0, 0.1) is 10.1 Å². The van der Waals surface area contributed by atoms with Crippen LogP contribution in [0.3, 0.4) is 0 Å². The number of ketones is 1. The predicted molar refractivity (Wildman–Crippen MR) is 102 cm³/mol. The number of Topliss-reactive ketones (excluding diaryl/α,β-unsaturated/α-hetero) is 1. The van der Waals surface area contributed by atoms with Gasteiger partial charge in [0.05, 0.1) is 15.5 Å². The molecule has 0 radical (unpaired) electrons. The van der Waals surface area contributed by atoms with Gasteiger partial charge in [0.25, 0.3) is 11.6 Å². The zero-order valence-electron chi connectivity index (χ0n) is 14.6. The number of nitrogens with one attached hydrogen (secondary N) is 1. The van der Waals surface area contributed by atoms with Crippen molar-refractivity contribution in [1.82, 2.24) is 4.98 Å². The topological polar surface area (TPSA) is 105 Å². The second kappa shape index (κ2) is 7.07. The number of thiazole rings is 1. The van der Waals surface area contributed by atoms with Crippen molar-refractivity contribution in [2.24, 2.45) is 0 Å². The molecule has 8 nitrogen and oxygen atoms in total. The molecule has 0 unspecified atom stereocenters. The van der Waals surface area contributed by atoms with Gasteiger partial charge in [-0.3, -0.25) is 25.0 Å². The van der Waals surface area contributed by atoms with E-state index in [-0.39, 0.29) is 17.0 Å². The van der Waals surface area contributed by atoms with Gasteiger partial charge in [-0.25, -0.2) is 4.98 Å². The number of fused-ring (bicyclic) bond motifs is 1. The predicted octanol–water partition coefficient (Wildman–Crippen LogP) is 3.42. The molecule has 1 aromatic heterocycles. The van der Waals surface area contributed by atoms with Gasteiger partial charge >= 0.3 is 0 Å². The van der Waals surface area contributed by atoms with Crippen molar-refractivity contribution in [3.8, 4) is 0 Å². The van der Waals surface area contributed by atoms with Gasteiger partial charge in [0.1, 0.15) is 5.69 Å². The number of amides is 1. The molecule has 1 fully saturated rings. The average molecular weight is 386 g/mol. The fourth-order valence-corrected chi connectivity index (χ4v) is 4.50. The van der Waals surface area contributed by atoms with Crippen LogP contribution in [-0.4, -0.2) is 34.7 Å². The van der Waals surface area contributed by atoms with Crippen LogP contribution >= 0.6 is 11.3 Å². The van der Waals surface area contributed by atoms with E-state index >= 15 is 0 Å². The Labute approximate surface area is 159 Å². The van der Waals surface area contributed by atoms with Crippen LogP contribution in [0.5, 0.6) is 0 Å². The van der Waals surface area contributed by atoms with Crippen molar-refractivity contribution in [2.75, 3.05) is 23.3 Å². The van der Waals surface area contributed by atoms with E-state index in [2.05, 4.69) is 10.3 Å². The first-order chi connectivity index (χ1) is 13.0. The van der Waals surface area contributed by atoms with Gasteiger partial charge in [-0.2, -0.15) is 0 Å². The first kappa shape index (κ1) is 17.6. The van der Waals surface area contributed by atoms with Crippen molar-refractivity contribution in [2.45, 2.75) is 32.1 Å². The zero-order chi connectivity index (χ0) is 19.0. The number of aryl methyl sites for hydroxylation is 1. The van der Waals surface area contributed by atoms with E-state index in [1.807, 2.05) is 4.90 Å². The summed E-state index contributed by atoms with van der Waals surface area (Å²) in [6, 6.07) is 4.53. The molecule has 1 aliphatic heterocycles. The number of hydrogen-bond donors (Lipinski definition) is 1. The minimum absolute atomic E-state index is 0.0554. The smallest absolute Gasteiger partial charge is 0.293 e. The fraction of sp³-hybridized carbons (Fsp3) is 0.389. The van der Waals surface area contributed by atoms with Crippen LogP contribution < -0.4 is 10.2 Å². The lowest BCUT2D eigenvalue weighted by Gasteiger charge is -2.17. The molecule has 2 aromatic rings. The number of hydrogen-bond acceptors (Lipinski definition) is 7. The van der Waals surface area contributed by atoms with Crippen LogP contribution in [0.25, 0.3) is 0 Å². The summed E-state index contributed by atoms with van der Waals surface area (Å²) in [4.78, 5) is 42.4.